The summed E-state index contributed by atoms with van der Waals surface area (Å²) in [6, 6.07) is 11.4. The monoisotopic (exact) mass is 303 g/mol. The van der Waals surface area contributed by atoms with E-state index in [0.717, 1.165) is 11.3 Å². The molecule has 0 atom stereocenters. The van der Waals surface area contributed by atoms with Crippen LogP contribution in [0.15, 0.2) is 47.1 Å². The number of furan rings is 1. The van der Waals surface area contributed by atoms with Crippen molar-refractivity contribution in [3.05, 3.63) is 54.0 Å². The maximum absolute atomic E-state index is 11.6. The van der Waals surface area contributed by atoms with Crippen molar-refractivity contribution < 1.29 is 9.21 Å². The summed E-state index contributed by atoms with van der Waals surface area (Å²) < 4.78 is 5.13. The molecule has 0 aliphatic heterocycles. The zero-order chi connectivity index (χ0) is 15.1. The summed E-state index contributed by atoms with van der Waals surface area (Å²) >= 11 is 5.14. The van der Waals surface area contributed by atoms with Gasteiger partial charge in [-0.2, -0.15) is 0 Å². The van der Waals surface area contributed by atoms with Gasteiger partial charge >= 0.3 is 0 Å². The molecule has 3 N–H and O–H groups in total. The van der Waals surface area contributed by atoms with E-state index in [9.17, 15) is 4.79 Å². The molecule has 0 bridgehead atoms. The third kappa shape index (κ3) is 5.27. The van der Waals surface area contributed by atoms with E-state index in [1.807, 2.05) is 31.2 Å². The lowest BCUT2D eigenvalue weighted by Crippen LogP contribution is -2.38. The number of thiocarbonyl (C=S) groups is 1. The minimum absolute atomic E-state index is 0.109. The van der Waals surface area contributed by atoms with Crippen LogP contribution in [0, 0.1) is 6.92 Å². The molecule has 5 nitrogen and oxygen atoms in total. The summed E-state index contributed by atoms with van der Waals surface area (Å²) in [6.07, 6.45) is 1.57. The molecular weight excluding hydrogens is 286 g/mol. The molecular formula is C15H17N3O2S. The van der Waals surface area contributed by atoms with Gasteiger partial charge in [0.2, 0.25) is 5.91 Å². The highest BCUT2D eigenvalue weighted by molar-refractivity contribution is 7.80. The second-order valence-corrected chi connectivity index (χ2v) is 4.94. The quantitative estimate of drug-likeness (QED) is 0.739. The lowest BCUT2D eigenvalue weighted by atomic mass is 10.2. The number of aryl methyl sites for hydroxylation is 1. The molecule has 0 saturated heterocycles. The van der Waals surface area contributed by atoms with E-state index in [0.29, 0.717) is 17.4 Å². The molecule has 0 spiro atoms. The second-order valence-electron chi connectivity index (χ2n) is 4.53. The van der Waals surface area contributed by atoms with Crippen LogP contribution in [0.1, 0.15) is 11.3 Å². The number of anilines is 1. The van der Waals surface area contributed by atoms with Gasteiger partial charge in [-0.05, 0) is 49.0 Å². The van der Waals surface area contributed by atoms with E-state index in [-0.39, 0.29) is 12.5 Å². The summed E-state index contributed by atoms with van der Waals surface area (Å²) in [5.74, 6) is 0.559. The van der Waals surface area contributed by atoms with E-state index in [1.54, 1.807) is 18.4 Å². The molecule has 0 aliphatic carbocycles. The molecule has 0 unspecified atom stereocenters. The van der Waals surface area contributed by atoms with Gasteiger partial charge in [0, 0.05) is 5.69 Å². The maximum atomic E-state index is 11.6. The van der Waals surface area contributed by atoms with E-state index >= 15 is 0 Å². The van der Waals surface area contributed by atoms with Crippen LogP contribution >= 0.6 is 12.2 Å². The van der Waals surface area contributed by atoms with Crippen molar-refractivity contribution >= 4 is 28.9 Å². The molecule has 0 fully saturated rings. The van der Waals surface area contributed by atoms with Gasteiger partial charge in [-0.1, -0.05) is 12.1 Å². The Labute approximate surface area is 128 Å². The van der Waals surface area contributed by atoms with Crippen LogP contribution in [0.3, 0.4) is 0 Å². The van der Waals surface area contributed by atoms with Crippen LogP contribution in [-0.4, -0.2) is 17.6 Å². The topological polar surface area (TPSA) is 66.3 Å². The number of hydrogen-bond acceptors (Lipinski definition) is 3. The van der Waals surface area contributed by atoms with Gasteiger partial charge in [-0.3, -0.25) is 4.79 Å². The number of benzene rings is 1. The Hall–Kier alpha value is -2.34. The van der Waals surface area contributed by atoms with Crippen molar-refractivity contribution in [3.8, 4) is 0 Å². The second kappa shape index (κ2) is 7.44. The predicted molar refractivity (Wildman–Crippen MR) is 86.0 cm³/mol. The van der Waals surface area contributed by atoms with Gasteiger partial charge in [0.05, 0.1) is 19.4 Å². The smallest absolute Gasteiger partial charge is 0.239 e. The zero-order valence-electron chi connectivity index (χ0n) is 11.7. The summed E-state index contributed by atoms with van der Waals surface area (Å²) in [6.45, 7) is 2.48. The first-order valence-corrected chi connectivity index (χ1v) is 6.95. The first-order valence-electron chi connectivity index (χ1n) is 6.54. The van der Waals surface area contributed by atoms with E-state index in [4.69, 9.17) is 16.6 Å². The van der Waals surface area contributed by atoms with Crippen LogP contribution in [0.4, 0.5) is 5.69 Å². The molecule has 2 rings (SSSR count). The van der Waals surface area contributed by atoms with E-state index in [2.05, 4.69) is 16.0 Å². The highest BCUT2D eigenvalue weighted by Gasteiger charge is 2.04. The molecule has 1 aromatic carbocycles. The normalized spacial score (nSPS) is 9.95. The summed E-state index contributed by atoms with van der Waals surface area (Å²) in [4.78, 5) is 11.6. The number of carbonyl (C=O) groups is 1. The first kappa shape index (κ1) is 15.1. The molecule has 6 heteroatoms. The van der Waals surface area contributed by atoms with Crippen LogP contribution in [0.5, 0.6) is 0 Å². The number of hydrogen-bond donors (Lipinski definition) is 3. The molecule has 0 radical (unpaired) electrons. The Balaban J connectivity index is 1.69. The average molecular weight is 303 g/mol. The standard InChI is InChI=1S/C15H17N3O2S/c1-11-4-2-5-12(8-11)18-15(21)17-10-14(19)16-9-13-6-3-7-20-13/h2-8H,9-10H2,1H3,(H,16,19)(H2,17,18,21). The summed E-state index contributed by atoms with van der Waals surface area (Å²) in [7, 11) is 0. The van der Waals surface area contributed by atoms with Gasteiger partial charge in [-0.25, -0.2) is 0 Å². The zero-order valence-corrected chi connectivity index (χ0v) is 12.5. The number of carbonyl (C=O) groups excluding carboxylic acids is 1. The molecule has 0 aliphatic rings. The van der Waals surface area contributed by atoms with E-state index in [1.165, 1.54) is 0 Å². The van der Waals surface area contributed by atoms with Crippen molar-refractivity contribution in [2.45, 2.75) is 13.5 Å². The number of amides is 1. The first-order chi connectivity index (χ1) is 10.1. The van der Waals surface area contributed by atoms with Gasteiger partial charge < -0.3 is 20.4 Å². The third-order valence-electron chi connectivity index (χ3n) is 2.73. The van der Waals surface area contributed by atoms with Gasteiger partial charge in [0.1, 0.15) is 5.76 Å². The fourth-order valence-corrected chi connectivity index (χ4v) is 1.91. The maximum Gasteiger partial charge on any atom is 0.239 e. The fourth-order valence-electron chi connectivity index (χ4n) is 1.72. The molecule has 2 aromatic rings. The Morgan fingerprint density at radius 2 is 2.10 bits per heavy atom. The minimum Gasteiger partial charge on any atom is -0.467 e. The van der Waals surface area contributed by atoms with E-state index < -0.39 is 0 Å². The molecule has 0 saturated carbocycles. The largest absolute Gasteiger partial charge is 0.467 e. The Morgan fingerprint density at radius 3 is 2.81 bits per heavy atom. The third-order valence-corrected chi connectivity index (χ3v) is 2.97. The van der Waals surface area contributed by atoms with Crippen molar-refractivity contribution in [1.82, 2.24) is 10.6 Å². The lowest BCUT2D eigenvalue weighted by Gasteiger charge is -2.10. The lowest BCUT2D eigenvalue weighted by molar-refractivity contribution is -0.120. The highest BCUT2D eigenvalue weighted by Crippen LogP contribution is 2.08. The number of rotatable bonds is 5. The molecule has 1 heterocycles. The van der Waals surface area contributed by atoms with Crippen LogP contribution in [0.25, 0.3) is 0 Å². The van der Waals surface area contributed by atoms with Crippen molar-refractivity contribution in [1.29, 1.82) is 0 Å². The van der Waals surface area contributed by atoms with Gasteiger partial charge in [0.15, 0.2) is 5.11 Å². The fraction of sp³-hybridized carbons (Fsp3) is 0.200. The molecule has 110 valence electrons. The van der Waals surface area contributed by atoms with Crippen LogP contribution in [0.2, 0.25) is 0 Å². The summed E-state index contributed by atoms with van der Waals surface area (Å²) in [5, 5.41) is 9.03. The Kier molecular flexibility index (Phi) is 5.34. The molecule has 1 aromatic heterocycles. The predicted octanol–water partition coefficient (Wildman–Crippen LogP) is 2.19. The molecule has 1 amide bonds. The SMILES string of the molecule is Cc1cccc(NC(=S)NCC(=O)NCc2ccco2)c1. The van der Waals surface area contributed by atoms with Crippen molar-refractivity contribution in [2.75, 3.05) is 11.9 Å². The van der Waals surface area contributed by atoms with Crippen LogP contribution in [-0.2, 0) is 11.3 Å². The van der Waals surface area contributed by atoms with Gasteiger partial charge in [-0.15, -0.1) is 0 Å². The van der Waals surface area contributed by atoms with Crippen molar-refractivity contribution in [3.63, 3.8) is 0 Å². The molecule has 21 heavy (non-hydrogen) atoms. The highest BCUT2D eigenvalue weighted by atomic mass is 32.1. The van der Waals surface area contributed by atoms with Crippen molar-refractivity contribution in [2.24, 2.45) is 0 Å². The average Bonchev–Trinajstić information content (AvgIpc) is 2.96. The summed E-state index contributed by atoms with van der Waals surface area (Å²) in [5.41, 5.74) is 2.03. The van der Waals surface area contributed by atoms with Crippen LogP contribution < -0.4 is 16.0 Å². The van der Waals surface area contributed by atoms with Gasteiger partial charge in [0.25, 0.3) is 0 Å². The number of nitrogens with one attached hydrogen (secondary N) is 3. The Morgan fingerprint density at radius 1 is 1.24 bits per heavy atom. The minimum atomic E-state index is -0.153. The Bertz CT molecular complexity index is 611.